The van der Waals surface area contributed by atoms with Crippen LogP contribution in [0.15, 0.2) is 0 Å². The Labute approximate surface area is 61.4 Å². The van der Waals surface area contributed by atoms with Gasteiger partial charge in [0.2, 0.25) is 0 Å². The molecule has 0 aromatic heterocycles. The topological polar surface area (TPSA) is 47.9 Å². The molecular formula is C8H16NO+. The Balaban J connectivity index is 2.16. The summed E-state index contributed by atoms with van der Waals surface area (Å²) in [5.74, 6) is 0. The molecule has 3 saturated carbocycles. The van der Waals surface area contributed by atoms with E-state index in [1.807, 2.05) is 0 Å². The minimum Gasteiger partial charge on any atom is -0.390 e. The van der Waals surface area contributed by atoms with E-state index in [0.717, 1.165) is 38.5 Å². The molecule has 2 heteroatoms. The lowest BCUT2D eigenvalue weighted by Gasteiger charge is -2.46. The van der Waals surface area contributed by atoms with Gasteiger partial charge in [-0.15, -0.1) is 0 Å². The van der Waals surface area contributed by atoms with Crippen LogP contribution in [0.2, 0.25) is 0 Å². The average Bonchev–Trinajstić information content (AvgIpc) is 1.93. The third kappa shape index (κ3) is 0.867. The fraction of sp³-hybridized carbons (Fsp3) is 1.00. The van der Waals surface area contributed by atoms with Crippen LogP contribution in [-0.2, 0) is 0 Å². The molecule has 4 N–H and O–H groups in total. The van der Waals surface area contributed by atoms with Crippen LogP contribution < -0.4 is 5.73 Å². The third-order valence-electron chi connectivity index (χ3n) is 3.36. The molecule has 0 atom stereocenters. The van der Waals surface area contributed by atoms with Crippen molar-refractivity contribution >= 4 is 0 Å². The highest BCUT2D eigenvalue weighted by Crippen LogP contribution is 2.44. The number of hydrogen-bond donors (Lipinski definition) is 2. The Kier molecular flexibility index (Phi) is 1.15. The molecule has 0 saturated heterocycles. The third-order valence-corrected chi connectivity index (χ3v) is 3.36. The van der Waals surface area contributed by atoms with Crippen molar-refractivity contribution in [3.8, 4) is 0 Å². The molecule has 3 fully saturated rings. The van der Waals surface area contributed by atoms with Gasteiger partial charge in [-0.1, -0.05) is 0 Å². The van der Waals surface area contributed by atoms with Gasteiger partial charge in [0.25, 0.3) is 0 Å². The lowest BCUT2D eigenvalue weighted by Crippen LogP contribution is -2.76. The summed E-state index contributed by atoms with van der Waals surface area (Å²) in [6.45, 7) is 0. The quantitative estimate of drug-likeness (QED) is 0.494. The molecule has 0 aliphatic heterocycles. The summed E-state index contributed by atoms with van der Waals surface area (Å²) < 4.78 is 0. The van der Waals surface area contributed by atoms with Gasteiger partial charge in [0.1, 0.15) is 0 Å². The first-order chi connectivity index (χ1) is 4.62. The predicted molar refractivity (Wildman–Crippen MR) is 38.3 cm³/mol. The van der Waals surface area contributed by atoms with E-state index in [9.17, 15) is 5.11 Å². The number of rotatable bonds is 0. The van der Waals surface area contributed by atoms with E-state index in [1.54, 1.807) is 0 Å². The van der Waals surface area contributed by atoms with Gasteiger partial charge in [-0.3, -0.25) is 0 Å². The van der Waals surface area contributed by atoms with Gasteiger partial charge in [0.05, 0.1) is 11.1 Å². The Hall–Kier alpha value is -0.0800. The Morgan fingerprint density at radius 1 is 0.900 bits per heavy atom. The molecule has 0 spiro atoms. The van der Waals surface area contributed by atoms with Gasteiger partial charge in [0.15, 0.2) is 0 Å². The second-order valence-electron chi connectivity index (χ2n) is 4.22. The van der Waals surface area contributed by atoms with Crippen LogP contribution in [-0.4, -0.2) is 16.2 Å². The van der Waals surface area contributed by atoms with Crippen LogP contribution in [0.1, 0.15) is 38.5 Å². The number of aliphatic hydroxyl groups is 1. The van der Waals surface area contributed by atoms with Gasteiger partial charge >= 0.3 is 0 Å². The van der Waals surface area contributed by atoms with E-state index in [2.05, 4.69) is 5.73 Å². The Bertz CT molecular complexity index is 113. The van der Waals surface area contributed by atoms with E-state index in [4.69, 9.17) is 0 Å². The minimum atomic E-state index is -0.278. The summed E-state index contributed by atoms with van der Waals surface area (Å²) in [6, 6.07) is 0. The van der Waals surface area contributed by atoms with Crippen LogP contribution in [0.4, 0.5) is 0 Å². The zero-order chi connectivity index (χ0) is 7.24. The molecule has 0 unspecified atom stereocenters. The highest BCUT2D eigenvalue weighted by Gasteiger charge is 2.47. The van der Waals surface area contributed by atoms with Crippen LogP contribution >= 0.6 is 0 Å². The van der Waals surface area contributed by atoms with Gasteiger partial charge in [-0.05, 0) is 19.3 Å². The lowest BCUT2D eigenvalue weighted by molar-refractivity contribution is -0.499. The summed E-state index contributed by atoms with van der Waals surface area (Å²) in [5, 5.41) is 9.80. The van der Waals surface area contributed by atoms with Crippen LogP contribution in [0.25, 0.3) is 0 Å². The molecule has 0 radical (unpaired) electrons. The Morgan fingerprint density at radius 2 is 1.30 bits per heavy atom. The molecule has 0 aromatic rings. The summed E-state index contributed by atoms with van der Waals surface area (Å²) in [7, 11) is 0. The van der Waals surface area contributed by atoms with E-state index in [0.29, 0.717) is 5.54 Å². The lowest BCUT2D eigenvalue weighted by atomic mass is 9.64. The van der Waals surface area contributed by atoms with E-state index in [-0.39, 0.29) is 5.60 Å². The molecular weight excluding hydrogens is 126 g/mol. The molecule has 3 aliphatic rings. The summed E-state index contributed by atoms with van der Waals surface area (Å²) in [6.07, 6.45) is 6.42. The average molecular weight is 142 g/mol. The smallest absolute Gasteiger partial charge is 0.0949 e. The maximum atomic E-state index is 9.80. The van der Waals surface area contributed by atoms with Crippen molar-refractivity contribution in [3.05, 3.63) is 0 Å². The number of fused-ring (bicyclic) bond motifs is 3. The van der Waals surface area contributed by atoms with Crippen LogP contribution in [0.3, 0.4) is 0 Å². The highest BCUT2D eigenvalue weighted by atomic mass is 16.3. The number of hydrogen-bond acceptors (Lipinski definition) is 1. The first-order valence-corrected chi connectivity index (χ1v) is 4.20. The second kappa shape index (κ2) is 1.74. The van der Waals surface area contributed by atoms with Crippen molar-refractivity contribution in [2.24, 2.45) is 0 Å². The number of quaternary nitrogens is 1. The molecule has 10 heavy (non-hydrogen) atoms. The highest BCUT2D eigenvalue weighted by molar-refractivity contribution is 4.99. The van der Waals surface area contributed by atoms with E-state index >= 15 is 0 Å². The first kappa shape index (κ1) is 6.62. The fourth-order valence-electron chi connectivity index (χ4n) is 2.24. The monoisotopic (exact) mass is 142 g/mol. The maximum Gasteiger partial charge on any atom is 0.0949 e. The molecule has 0 aromatic carbocycles. The van der Waals surface area contributed by atoms with Crippen LogP contribution in [0.5, 0.6) is 0 Å². The van der Waals surface area contributed by atoms with Crippen molar-refractivity contribution in [1.29, 1.82) is 0 Å². The van der Waals surface area contributed by atoms with Crippen molar-refractivity contribution in [3.63, 3.8) is 0 Å². The zero-order valence-corrected chi connectivity index (χ0v) is 6.40. The molecule has 58 valence electrons. The van der Waals surface area contributed by atoms with Gasteiger partial charge in [-0.25, -0.2) is 0 Å². The van der Waals surface area contributed by atoms with E-state index < -0.39 is 0 Å². The summed E-state index contributed by atoms with van der Waals surface area (Å²) >= 11 is 0. The Morgan fingerprint density at radius 3 is 1.60 bits per heavy atom. The standard InChI is InChI=1S/C8H15NO/c9-7-1-4-8(10,5-2-7)6-3-7/h10H,1-6,9H2/p+1. The second-order valence-corrected chi connectivity index (χ2v) is 4.22. The molecule has 2 bridgehead atoms. The van der Waals surface area contributed by atoms with Gasteiger partial charge < -0.3 is 10.8 Å². The summed E-state index contributed by atoms with van der Waals surface area (Å²) in [5.41, 5.74) is 4.28. The van der Waals surface area contributed by atoms with Crippen molar-refractivity contribution in [2.45, 2.75) is 49.7 Å². The first-order valence-electron chi connectivity index (χ1n) is 4.20. The van der Waals surface area contributed by atoms with Crippen LogP contribution in [0, 0.1) is 0 Å². The molecule has 0 amide bonds. The minimum absolute atomic E-state index is 0.278. The van der Waals surface area contributed by atoms with E-state index in [1.165, 1.54) is 0 Å². The fourth-order valence-corrected chi connectivity index (χ4v) is 2.24. The predicted octanol–water partition coefficient (Wildman–Crippen LogP) is 0.0660. The van der Waals surface area contributed by atoms with Crippen molar-refractivity contribution in [1.82, 2.24) is 0 Å². The van der Waals surface area contributed by atoms with Crippen molar-refractivity contribution < 1.29 is 10.8 Å². The largest absolute Gasteiger partial charge is 0.390 e. The van der Waals surface area contributed by atoms with Crippen molar-refractivity contribution in [2.75, 3.05) is 0 Å². The summed E-state index contributed by atoms with van der Waals surface area (Å²) in [4.78, 5) is 0. The van der Waals surface area contributed by atoms with Gasteiger partial charge in [-0.2, -0.15) is 0 Å². The molecule has 3 rings (SSSR count). The molecule has 3 aliphatic carbocycles. The normalized spacial score (nSPS) is 53.4. The SMILES string of the molecule is [NH3+]C12CCC(O)(CC1)CC2. The zero-order valence-electron chi connectivity index (χ0n) is 6.40. The molecule has 0 heterocycles. The maximum absolute atomic E-state index is 9.80. The molecule has 2 nitrogen and oxygen atoms in total. The van der Waals surface area contributed by atoms with Gasteiger partial charge in [0, 0.05) is 19.3 Å².